The van der Waals surface area contributed by atoms with E-state index < -0.39 is 17.6 Å². The molecule has 0 bridgehead atoms. The van der Waals surface area contributed by atoms with Gasteiger partial charge < -0.3 is 5.32 Å². The molecule has 2 heterocycles. The second-order valence-corrected chi connectivity index (χ2v) is 6.36. The number of halogens is 3. The summed E-state index contributed by atoms with van der Waals surface area (Å²) in [6.45, 7) is 0. The van der Waals surface area contributed by atoms with Crippen LogP contribution in [0.3, 0.4) is 0 Å². The van der Waals surface area contributed by atoms with Gasteiger partial charge >= 0.3 is 6.18 Å². The molecule has 0 saturated heterocycles. The number of carbonyl (C=O) groups is 1. The minimum absolute atomic E-state index is 0.0954. The Morgan fingerprint density at radius 1 is 1.00 bits per heavy atom. The normalized spacial score (nSPS) is 11.3. The van der Waals surface area contributed by atoms with Crippen LogP contribution in [0, 0.1) is 11.3 Å². The van der Waals surface area contributed by atoms with Crippen molar-refractivity contribution in [2.24, 2.45) is 0 Å². The van der Waals surface area contributed by atoms with Gasteiger partial charge in [-0.2, -0.15) is 18.4 Å². The number of aromatic nitrogens is 3. The highest BCUT2D eigenvalue weighted by Crippen LogP contribution is 2.31. The second kappa shape index (κ2) is 7.33. The monoisotopic (exact) mass is 407 g/mol. The average molecular weight is 407 g/mol. The molecule has 0 aliphatic heterocycles. The molecular weight excluding hydrogens is 395 g/mol. The first-order chi connectivity index (χ1) is 14.3. The van der Waals surface area contributed by atoms with Crippen molar-refractivity contribution in [3.05, 3.63) is 83.9 Å². The predicted octanol–water partition coefficient (Wildman–Crippen LogP) is 4.54. The summed E-state index contributed by atoms with van der Waals surface area (Å²) >= 11 is 0. The Hall–Kier alpha value is -4.19. The van der Waals surface area contributed by atoms with E-state index in [1.54, 1.807) is 28.7 Å². The van der Waals surface area contributed by atoms with Gasteiger partial charge in [-0.3, -0.25) is 9.20 Å². The van der Waals surface area contributed by atoms with Gasteiger partial charge in [-0.15, -0.1) is 0 Å². The lowest BCUT2D eigenvalue weighted by atomic mass is 10.1. The number of rotatable bonds is 3. The van der Waals surface area contributed by atoms with Crippen LogP contribution in [-0.4, -0.2) is 20.3 Å². The topological polar surface area (TPSA) is 83.1 Å². The van der Waals surface area contributed by atoms with Crippen LogP contribution in [0.2, 0.25) is 0 Å². The Labute approximate surface area is 168 Å². The van der Waals surface area contributed by atoms with Gasteiger partial charge in [0.05, 0.1) is 35.3 Å². The number of hydrogen-bond acceptors (Lipinski definition) is 4. The van der Waals surface area contributed by atoms with Crippen molar-refractivity contribution >= 4 is 17.2 Å². The van der Waals surface area contributed by atoms with Crippen LogP contribution in [-0.2, 0) is 6.18 Å². The standard InChI is InChI=1S/C21H12F3N5O/c22-21(23,24)15-5-3-14(4-6-15)18-10-27-19-11-26-17(12-29(18)19)20(30)28-16-7-1-13(9-25)2-8-16/h1-8,10-12H,(H,28,30). The molecule has 0 aliphatic carbocycles. The summed E-state index contributed by atoms with van der Waals surface area (Å²) in [7, 11) is 0. The number of fused-ring (bicyclic) bond motifs is 1. The number of anilines is 1. The molecule has 0 atom stereocenters. The first-order valence-corrected chi connectivity index (χ1v) is 8.67. The van der Waals surface area contributed by atoms with Crippen molar-refractivity contribution in [2.75, 3.05) is 5.32 Å². The first-order valence-electron chi connectivity index (χ1n) is 8.67. The molecule has 4 aromatic rings. The van der Waals surface area contributed by atoms with Gasteiger partial charge in [0, 0.05) is 17.4 Å². The third kappa shape index (κ3) is 3.71. The molecule has 1 N–H and O–H groups in total. The smallest absolute Gasteiger partial charge is 0.321 e. The number of amides is 1. The number of imidazole rings is 1. The third-order valence-electron chi connectivity index (χ3n) is 4.41. The van der Waals surface area contributed by atoms with Gasteiger partial charge in [-0.1, -0.05) is 12.1 Å². The molecule has 0 unspecified atom stereocenters. The maximum Gasteiger partial charge on any atom is 0.416 e. The highest BCUT2D eigenvalue weighted by Gasteiger charge is 2.30. The number of nitrogens with one attached hydrogen (secondary N) is 1. The van der Waals surface area contributed by atoms with Crippen molar-refractivity contribution in [2.45, 2.75) is 6.18 Å². The fraction of sp³-hybridized carbons (Fsp3) is 0.0476. The molecule has 30 heavy (non-hydrogen) atoms. The lowest BCUT2D eigenvalue weighted by Crippen LogP contribution is -2.14. The number of alkyl halides is 3. The number of hydrogen-bond donors (Lipinski definition) is 1. The second-order valence-electron chi connectivity index (χ2n) is 6.36. The fourth-order valence-corrected chi connectivity index (χ4v) is 2.87. The molecule has 9 heteroatoms. The van der Waals surface area contributed by atoms with E-state index in [0.29, 0.717) is 28.2 Å². The molecule has 2 aromatic heterocycles. The van der Waals surface area contributed by atoms with E-state index in [4.69, 9.17) is 5.26 Å². The van der Waals surface area contributed by atoms with Gasteiger partial charge in [0.15, 0.2) is 5.65 Å². The summed E-state index contributed by atoms with van der Waals surface area (Å²) in [5.74, 6) is -0.478. The van der Waals surface area contributed by atoms with Crippen LogP contribution in [0.15, 0.2) is 67.1 Å². The van der Waals surface area contributed by atoms with Crippen molar-refractivity contribution in [3.8, 4) is 17.3 Å². The van der Waals surface area contributed by atoms with Crippen LogP contribution in [0.1, 0.15) is 21.6 Å². The zero-order valence-corrected chi connectivity index (χ0v) is 15.2. The van der Waals surface area contributed by atoms with Crippen molar-refractivity contribution in [1.82, 2.24) is 14.4 Å². The SMILES string of the molecule is N#Cc1ccc(NC(=O)c2cn3c(-c4ccc(C(F)(F)F)cc4)cnc3cn2)cc1. The van der Waals surface area contributed by atoms with Crippen molar-refractivity contribution < 1.29 is 18.0 Å². The van der Waals surface area contributed by atoms with Crippen LogP contribution >= 0.6 is 0 Å². The molecule has 0 spiro atoms. The summed E-state index contributed by atoms with van der Waals surface area (Å²) < 4.78 is 40.0. The summed E-state index contributed by atoms with van der Waals surface area (Å²) in [6, 6.07) is 13.0. The fourth-order valence-electron chi connectivity index (χ4n) is 2.87. The van der Waals surface area contributed by atoms with E-state index in [0.717, 1.165) is 12.1 Å². The van der Waals surface area contributed by atoms with E-state index in [2.05, 4.69) is 15.3 Å². The lowest BCUT2D eigenvalue weighted by molar-refractivity contribution is -0.137. The lowest BCUT2D eigenvalue weighted by Gasteiger charge is -2.08. The van der Waals surface area contributed by atoms with Crippen molar-refractivity contribution in [3.63, 3.8) is 0 Å². The Balaban J connectivity index is 1.64. The molecule has 2 aromatic carbocycles. The number of nitrogens with zero attached hydrogens (tertiary/aromatic N) is 4. The van der Waals surface area contributed by atoms with Crippen LogP contribution < -0.4 is 5.32 Å². The Bertz CT molecular complexity index is 1270. The molecular formula is C21H12F3N5O. The highest BCUT2D eigenvalue weighted by molar-refractivity contribution is 6.02. The van der Waals surface area contributed by atoms with Gasteiger partial charge in [0.2, 0.25) is 0 Å². The zero-order chi connectivity index (χ0) is 21.3. The molecule has 1 amide bonds. The number of benzene rings is 2. The first kappa shape index (κ1) is 19.1. The van der Waals surface area contributed by atoms with Gasteiger partial charge in [-0.05, 0) is 36.4 Å². The van der Waals surface area contributed by atoms with Crippen LogP contribution in [0.5, 0.6) is 0 Å². The summed E-state index contributed by atoms with van der Waals surface area (Å²) in [6.07, 6.45) is -0.0455. The molecule has 0 radical (unpaired) electrons. The van der Waals surface area contributed by atoms with Gasteiger partial charge in [-0.25, -0.2) is 9.97 Å². The van der Waals surface area contributed by atoms with Gasteiger partial charge in [0.25, 0.3) is 5.91 Å². The molecule has 6 nitrogen and oxygen atoms in total. The number of nitriles is 1. The van der Waals surface area contributed by atoms with E-state index in [-0.39, 0.29) is 5.69 Å². The largest absolute Gasteiger partial charge is 0.416 e. The quantitative estimate of drug-likeness (QED) is 0.541. The summed E-state index contributed by atoms with van der Waals surface area (Å²) in [5.41, 5.74) is 1.79. The predicted molar refractivity (Wildman–Crippen MR) is 103 cm³/mol. The minimum Gasteiger partial charge on any atom is -0.321 e. The van der Waals surface area contributed by atoms with Crippen molar-refractivity contribution in [1.29, 1.82) is 5.26 Å². The Morgan fingerprint density at radius 3 is 2.33 bits per heavy atom. The zero-order valence-electron chi connectivity index (χ0n) is 15.2. The molecule has 148 valence electrons. The minimum atomic E-state index is -4.42. The van der Waals surface area contributed by atoms with E-state index in [1.807, 2.05) is 6.07 Å². The number of carbonyl (C=O) groups excluding carboxylic acids is 1. The molecule has 4 rings (SSSR count). The summed E-state index contributed by atoms with van der Waals surface area (Å²) in [5, 5.41) is 11.5. The van der Waals surface area contributed by atoms with Gasteiger partial charge in [0.1, 0.15) is 5.69 Å². The summed E-state index contributed by atoms with van der Waals surface area (Å²) in [4.78, 5) is 20.8. The van der Waals surface area contributed by atoms with E-state index in [9.17, 15) is 18.0 Å². The average Bonchev–Trinajstić information content (AvgIpc) is 3.17. The molecule has 0 saturated carbocycles. The molecule has 0 fully saturated rings. The Morgan fingerprint density at radius 2 is 1.70 bits per heavy atom. The highest BCUT2D eigenvalue weighted by atomic mass is 19.4. The molecule has 0 aliphatic rings. The Kier molecular flexibility index (Phi) is 4.68. The third-order valence-corrected chi connectivity index (χ3v) is 4.41. The van der Waals surface area contributed by atoms with Crippen LogP contribution in [0.4, 0.5) is 18.9 Å². The maximum atomic E-state index is 12.8. The van der Waals surface area contributed by atoms with Crippen LogP contribution in [0.25, 0.3) is 16.9 Å². The van der Waals surface area contributed by atoms with E-state index >= 15 is 0 Å². The maximum absolute atomic E-state index is 12.8. The van der Waals surface area contributed by atoms with E-state index in [1.165, 1.54) is 30.7 Å².